The third-order valence-corrected chi connectivity index (χ3v) is 6.03. The van der Waals surface area contributed by atoms with E-state index in [-0.39, 0.29) is 5.78 Å². The van der Waals surface area contributed by atoms with Gasteiger partial charge in [0.1, 0.15) is 10.8 Å². The zero-order chi connectivity index (χ0) is 17.2. The SMILES string of the molecule is CC(=O)Cc1ncc(CN2CCC[C@H](c3ccnc4c3CC=C4)C2)s1. The maximum absolute atomic E-state index is 11.3. The van der Waals surface area contributed by atoms with Crippen molar-refractivity contribution >= 4 is 23.2 Å². The van der Waals surface area contributed by atoms with Gasteiger partial charge >= 0.3 is 0 Å². The Balaban J connectivity index is 1.44. The number of thiazole rings is 1. The summed E-state index contributed by atoms with van der Waals surface area (Å²) in [5.74, 6) is 0.772. The predicted molar refractivity (Wildman–Crippen MR) is 101 cm³/mol. The Hall–Kier alpha value is -1.85. The second-order valence-corrected chi connectivity index (χ2v) is 8.24. The van der Waals surface area contributed by atoms with Crippen LogP contribution in [-0.2, 0) is 24.2 Å². The Bertz CT molecular complexity index is 811. The van der Waals surface area contributed by atoms with Gasteiger partial charge in [-0.15, -0.1) is 11.3 Å². The summed E-state index contributed by atoms with van der Waals surface area (Å²) in [6.45, 7) is 4.80. The van der Waals surface area contributed by atoms with Crippen molar-refractivity contribution in [2.45, 2.75) is 45.1 Å². The molecule has 2 aliphatic rings. The highest BCUT2D eigenvalue weighted by atomic mass is 32.1. The minimum absolute atomic E-state index is 0.180. The molecule has 0 N–H and O–H groups in total. The van der Waals surface area contributed by atoms with E-state index in [1.54, 1.807) is 18.3 Å². The Labute approximate surface area is 152 Å². The van der Waals surface area contributed by atoms with Gasteiger partial charge in [-0.2, -0.15) is 0 Å². The smallest absolute Gasteiger partial charge is 0.136 e. The number of nitrogens with zero attached hydrogens (tertiary/aromatic N) is 3. The minimum atomic E-state index is 0.180. The molecule has 0 aromatic carbocycles. The number of Topliss-reactive ketones (excluding diaryl/α,β-unsaturated/α-hetero) is 1. The monoisotopic (exact) mass is 353 g/mol. The van der Waals surface area contributed by atoms with Crippen LogP contribution in [0, 0.1) is 0 Å². The molecule has 25 heavy (non-hydrogen) atoms. The van der Waals surface area contributed by atoms with E-state index in [2.05, 4.69) is 33.1 Å². The summed E-state index contributed by atoms with van der Waals surface area (Å²) < 4.78 is 0. The first-order valence-corrected chi connectivity index (χ1v) is 9.80. The van der Waals surface area contributed by atoms with Crippen LogP contribution in [0.5, 0.6) is 0 Å². The zero-order valence-corrected chi connectivity index (χ0v) is 15.4. The van der Waals surface area contributed by atoms with Crippen LogP contribution in [0.1, 0.15) is 52.4 Å². The predicted octanol–water partition coefficient (Wildman–Crippen LogP) is 3.62. The lowest BCUT2D eigenvalue weighted by Gasteiger charge is -2.33. The fraction of sp³-hybridized carbons (Fsp3) is 0.450. The Morgan fingerprint density at radius 3 is 3.20 bits per heavy atom. The van der Waals surface area contributed by atoms with Crippen LogP contribution in [0.15, 0.2) is 24.5 Å². The molecule has 1 saturated heterocycles. The quantitative estimate of drug-likeness (QED) is 0.824. The van der Waals surface area contributed by atoms with Crippen molar-refractivity contribution in [3.63, 3.8) is 0 Å². The maximum atomic E-state index is 11.3. The number of rotatable bonds is 5. The molecule has 1 aliphatic carbocycles. The summed E-state index contributed by atoms with van der Waals surface area (Å²) in [5.41, 5.74) is 4.07. The van der Waals surface area contributed by atoms with Crippen molar-refractivity contribution in [1.82, 2.24) is 14.9 Å². The van der Waals surface area contributed by atoms with Crippen molar-refractivity contribution in [3.05, 3.63) is 51.2 Å². The van der Waals surface area contributed by atoms with E-state index in [9.17, 15) is 4.79 Å². The minimum Gasteiger partial charge on any atom is -0.300 e. The number of hydrogen-bond acceptors (Lipinski definition) is 5. The largest absolute Gasteiger partial charge is 0.300 e. The number of hydrogen-bond donors (Lipinski definition) is 0. The van der Waals surface area contributed by atoms with Gasteiger partial charge in [0.25, 0.3) is 0 Å². The molecule has 0 unspecified atom stereocenters. The van der Waals surface area contributed by atoms with E-state index >= 15 is 0 Å². The molecule has 1 aliphatic heterocycles. The summed E-state index contributed by atoms with van der Waals surface area (Å²) in [6.07, 6.45) is 12.2. The highest BCUT2D eigenvalue weighted by Crippen LogP contribution is 2.33. The van der Waals surface area contributed by atoms with E-state index < -0.39 is 0 Å². The molecule has 1 atom stereocenters. The first-order chi connectivity index (χ1) is 12.2. The van der Waals surface area contributed by atoms with Crippen LogP contribution < -0.4 is 0 Å². The molecule has 0 amide bonds. The molecule has 0 saturated carbocycles. The third kappa shape index (κ3) is 3.72. The van der Waals surface area contributed by atoms with Crippen LogP contribution in [0.4, 0.5) is 0 Å². The van der Waals surface area contributed by atoms with E-state index in [1.165, 1.54) is 28.8 Å². The number of pyridine rings is 1. The normalized spacial score (nSPS) is 20.0. The number of aromatic nitrogens is 2. The van der Waals surface area contributed by atoms with E-state index in [0.29, 0.717) is 12.3 Å². The summed E-state index contributed by atoms with van der Waals surface area (Å²) in [6, 6.07) is 2.22. The van der Waals surface area contributed by atoms with Gasteiger partial charge in [0.15, 0.2) is 0 Å². The van der Waals surface area contributed by atoms with E-state index in [1.807, 2.05) is 12.4 Å². The van der Waals surface area contributed by atoms with Gasteiger partial charge in [-0.3, -0.25) is 14.7 Å². The fourth-order valence-electron chi connectivity index (χ4n) is 3.95. The van der Waals surface area contributed by atoms with Gasteiger partial charge in [-0.1, -0.05) is 6.08 Å². The average Bonchev–Trinajstić information content (AvgIpc) is 3.23. The second kappa shape index (κ2) is 7.18. The van der Waals surface area contributed by atoms with E-state index in [0.717, 1.165) is 36.8 Å². The lowest BCUT2D eigenvalue weighted by molar-refractivity contribution is -0.116. The highest BCUT2D eigenvalue weighted by Gasteiger charge is 2.25. The number of allylic oxidation sites excluding steroid dienone is 1. The number of fused-ring (bicyclic) bond motifs is 1. The van der Waals surface area contributed by atoms with Crippen LogP contribution in [-0.4, -0.2) is 33.7 Å². The van der Waals surface area contributed by atoms with Gasteiger partial charge in [-0.05, 0) is 61.9 Å². The second-order valence-electron chi connectivity index (χ2n) is 7.04. The topological polar surface area (TPSA) is 46.1 Å². The Morgan fingerprint density at radius 2 is 2.32 bits per heavy atom. The van der Waals surface area contributed by atoms with Crippen LogP contribution in [0.25, 0.3) is 6.08 Å². The van der Waals surface area contributed by atoms with Gasteiger partial charge in [0, 0.05) is 30.4 Å². The Morgan fingerprint density at radius 1 is 1.40 bits per heavy atom. The van der Waals surface area contributed by atoms with Crippen LogP contribution >= 0.6 is 11.3 Å². The van der Waals surface area contributed by atoms with Crippen molar-refractivity contribution in [3.8, 4) is 0 Å². The summed E-state index contributed by atoms with van der Waals surface area (Å²) >= 11 is 1.68. The molecule has 0 spiro atoms. The first-order valence-electron chi connectivity index (χ1n) is 8.98. The van der Waals surface area contributed by atoms with Crippen molar-refractivity contribution in [2.75, 3.05) is 13.1 Å². The zero-order valence-electron chi connectivity index (χ0n) is 14.6. The van der Waals surface area contributed by atoms with Crippen LogP contribution in [0.3, 0.4) is 0 Å². The van der Waals surface area contributed by atoms with Gasteiger partial charge < -0.3 is 0 Å². The highest BCUT2D eigenvalue weighted by molar-refractivity contribution is 7.11. The Kier molecular flexibility index (Phi) is 4.77. The molecular formula is C20H23N3OS. The maximum Gasteiger partial charge on any atom is 0.136 e. The van der Waals surface area contributed by atoms with Crippen LogP contribution in [0.2, 0.25) is 0 Å². The van der Waals surface area contributed by atoms with Gasteiger partial charge in [-0.25, -0.2) is 4.98 Å². The van der Waals surface area contributed by atoms with Gasteiger partial charge in [0.2, 0.25) is 0 Å². The fourth-order valence-corrected chi connectivity index (χ4v) is 4.99. The molecule has 0 radical (unpaired) electrons. The number of piperidine rings is 1. The number of carbonyl (C=O) groups excluding carboxylic acids is 1. The lowest BCUT2D eigenvalue weighted by atomic mass is 9.87. The molecule has 4 rings (SSSR count). The molecule has 5 heteroatoms. The lowest BCUT2D eigenvalue weighted by Crippen LogP contribution is -2.34. The number of carbonyl (C=O) groups is 1. The molecule has 1 fully saturated rings. The van der Waals surface area contributed by atoms with Crippen molar-refractivity contribution in [2.24, 2.45) is 0 Å². The summed E-state index contributed by atoms with van der Waals surface area (Å²) in [4.78, 5) is 23.9. The standard InChI is InChI=1S/C20H23N3OS/c1-14(24)10-20-22-11-16(25-20)13-23-9-3-4-15(12-23)17-7-8-21-19-6-2-5-18(17)19/h2,6-8,11,15H,3-5,9-10,12-13H2,1H3/t15-/m0/s1. The molecule has 4 nitrogen and oxygen atoms in total. The average molecular weight is 353 g/mol. The summed E-state index contributed by atoms with van der Waals surface area (Å²) in [7, 11) is 0. The molecular weight excluding hydrogens is 330 g/mol. The van der Waals surface area contributed by atoms with Crippen molar-refractivity contribution in [1.29, 1.82) is 0 Å². The molecule has 2 aromatic rings. The molecule has 2 aromatic heterocycles. The van der Waals surface area contributed by atoms with Gasteiger partial charge in [0.05, 0.1) is 12.1 Å². The van der Waals surface area contributed by atoms with Crippen molar-refractivity contribution < 1.29 is 4.79 Å². The molecule has 130 valence electrons. The number of likely N-dealkylation sites (tertiary alicyclic amines) is 1. The summed E-state index contributed by atoms with van der Waals surface area (Å²) in [5, 5.41) is 0.939. The number of ketones is 1. The third-order valence-electron chi connectivity index (χ3n) is 5.05. The first kappa shape index (κ1) is 16.6. The van der Waals surface area contributed by atoms with E-state index in [4.69, 9.17) is 0 Å². The molecule has 3 heterocycles. The molecule has 0 bridgehead atoms.